The molecule has 0 bridgehead atoms. The van der Waals surface area contributed by atoms with Crippen LogP contribution in [0.25, 0.3) is 10.9 Å². The minimum atomic E-state index is 0.0469. The lowest BCUT2D eigenvalue weighted by atomic mass is 9.96. The molecule has 4 rings (SSSR count). The van der Waals surface area contributed by atoms with Crippen LogP contribution >= 0.6 is 0 Å². The average molecular weight is 322 g/mol. The minimum absolute atomic E-state index is 0.0469. The predicted molar refractivity (Wildman–Crippen MR) is 88.5 cm³/mol. The highest BCUT2D eigenvalue weighted by Crippen LogP contribution is 2.25. The SMILES string of the molecule is Cc1ccc2cc(C(=O)N3CCCC(c4nn[nH]n4)C3)ccc2n1. The van der Waals surface area contributed by atoms with Crippen molar-refractivity contribution in [1.29, 1.82) is 0 Å². The lowest BCUT2D eigenvalue weighted by Gasteiger charge is -2.31. The Morgan fingerprint density at radius 3 is 3.04 bits per heavy atom. The van der Waals surface area contributed by atoms with Crippen molar-refractivity contribution in [2.45, 2.75) is 25.7 Å². The van der Waals surface area contributed by atoms with Gasteiger partial charge in [-0.15, -0.1) is 10.2 Å². The Labute approximate surface area is 139 Å². The summed E-state index contributed by atoms with van der Waals surface area (Å²) in [6.07, 6.45) is 1.92. The van der Waals surface area contributed by atoms with E-state index in [0.717, 1.165) is 36.0 Å². The summed E-state index contributed by atoms with van der Waals surface area (Å²) in [6.45, 7) is 3.35. The monoisotopic (exact) mass is 322 g/mol. The third-order valence-electron chi connectivity index (χ3n) is 4.51. The molecule has 1 N–H and O–H groups in total. The Hall–Kier alpha value is -2.83. The summed E-state index contributed by atoms with van der Waals surface area (Å²) in [4.78, 5) is 19.2. The zero-order valence-electron chi connectivity index (χ0n) is 13.4. The molecule has 24 heavy (non-hydrogen) atoms. The number of aryl methyl sites for hydroxylation is 1. The number of hydrogen-bond acceptors (Lipinski definition) is 5. The quantitative estimate of drug-likeness (QED) is 0.780. The largest absolute Gasteiger partial charge is 0.338 e. The lowest BCUT2D eigenvalue weighted by molar-refractivity contribution is 0.0704. The van der Waals surface area contributed by atoms with Gasteiger partial charge in [0.2, 0.25) is 0 Å². The van der Waals surface area contributed by atoms with E-state index in [1.165, 1.54) is 0 Å². The standard InChI is InChI=1S/C17H18N6O/c1-11-4-5-12-9-13(6-7-15(12)18-11)17(24)23-8-2-3-14(10-23)16-19-21-22-20-16/h4-7,9,14H,2-3,8,10H2,1H3,(H,19,20,21,22). The van der Waals surface area contributed by atoms with Gasteiger partial charge in [0.25, 0.3) is 5.91 Å². The van der Waals surface area contributed by atoms with Gasteiger partial charge < -0.3 is 4.90 Å². The van der Waals surface area contributed by atoms with Gasteiger partial charge in [-0.25, -0.2) is 0 Å². The Kier molecular flexibility index (Phi) is 3.68. The molecule has 1 aromatic carbocycles. The molecule has 3 aromatic rings. The molecule has 1 aliphatic heterocycles. The van der Waals surface area contributed by atoms with Crippen LogP contribution in [0.15, 0.2) is 30.3 Å². The van der Waals surface area contributed by atoms with E-state index in [1.807, 2.05) is 42.2 Å². The molecule has 7 heteroatoms. The lowest BCUT2D eigenvalue weighted by Crippen LogP contribution is -2.39. The molecule has 0 saturated carbocycles. The van der Waals surface area contributed by atoms with Crippen molar-refractivity contribution in [2.24, 2.45) is 0 Å². The number of piperidine rings is 1. The molecular weight excluding hydrogens is 304 g/mol. The number of nitrogens with one attached hydrogen (secondary N) is 1. The Morgan fingerprint density at radius 1 is 1.29 bits per heavy atom. The van der Waals surface area contributed by atoms with Crippen LogP contribution in [0.4, 0.5) is 0 Å². The number of likely N-dealkylation sites (tertiary alicyclic amines) is 1. The molecule has 1 atom stereocenters. The summed E-state index contributed by atoms with van der Waals surface area (Å²) in [5, 5.41) is 15.2. The Morgan fingerprint density at radius 2 is 2.21 bits per heavy atom. The highest BCUT2D eigenvalue weighted by molar-refractivity contribution is 5.98. The van der Waals surface area contributed by atoms with Crippen LogP contribution in [0.1, 0.15) is 40.6 Å². The number of rotatable bonds is 2. The Bertz CT molecular complexity index is 876. The van der Waals surface area contributed by atoms with Gasteiger partial charge >= 0.3 is 0 Å². The number of hydrogen-bond donors (Lipinski definition) is 1. The van der Waals surface area contributed by atoms with Crippen LogP contribution in [0.2, 0.25) is 0 Å². The molecule has 122 valence electrons. The van der Waals surface area contributed by atoms with Crippen molar-refractivity contribution >= 4 is 16.8 Å². The number of benzene rings is 1. The zero-order valence-corrected chi connectivity index (χ0v) is 13.4. The number of nitrogens with zero attached hydrogens (tertiary/aromatic N) is 5. The molecule has 0 radical (unpaired) electrons. The van der Waals surface area contributed by atoms with Crippen molar-refractivity contribution in [3.8, 4) is 0 Å². The second kappa shape index (κ2) is 5.99. The van der Waals surface area contributed by atoms with Crippen LogP contribution in [0, 0.1) is 6.92 Å². The van der Waals surface area contributed by atoms with Gasteiger partial charge in [0.1, 0.15) is 0 Å². The summed E-state index contributed by atoms with van der Waals surface area (Å²) >= 11 is 0. The first kappa shape index (κ1) is 14.7. The first-order chi connectivity index (χ1) is 11.7. The fourth-order valence-electron chi connectivity index (χ4n) is 3.26. The third-order valence-corrected chi connectivity index (χ3v) is 4.51. The second-order valence-corrected chi connectivity index (χ2v) is 6.22. The van der Waals surface area contributed by atoms with Gasteiger partial charge in [-0.1, -0.05) is 11.3 Å². The maximum atomic E-state index is 12.9. The molecule has 0 spiro atoms. The smallest absolute Gasteiger partial charge is 0.253 e. The number of aromatic amines is 1. The van der Waals surface area contributed by atoms with Gasteiger partial charge in [0.05, 0.1) is 5.52 Å². The van der Waals surface area contributed by atoms with E-state index in [-0.39, 0.29) is 11.8 Å². The predicted octanol–water partition coefficient (Wildman–Crippen LogP) is 2.08. The number of tetrazole rings is 1. The van der Waals surface area contributed by atoms with Gasteiger partial charge in [-0.2, -0.15) is 5.21 Å². The number of pyridine rings is 1. The second-order valence-electron chi connectivity index (χ2n) is 6.22. The molecule has 0 aliphatic carbocycles. The molecule has 2 aromatic heterocycles. The van der Waals surface area contributed by atoms with Crippen LogP contribution in [-0.4, -0.2) is 49.5 Å². The average Bonchev–Trinajstić information content (AvgIpc) is 3.15. The summed E-state index contributed by atoms with van der Waals surface area (Å²) in [5.74, 6) is 0.877. The van der Waals surface area contributed by atoms with Gasteiger partial charge in [0, 0.05) is 35.7 Å². The van der Waals surface area contributed by atoms with Gasteiger partial charge in [-0.3, -0.25) is 9.78 Å². The van der Waals surface area contributed by atoms with E-state index in [0.29, 0.717) is 17.9 Å². The molecule has 1 fully saturated rings. The number of carbonyl (C=O) groups excluding carboxylic acids is 1. The van der Waals surface area contributed by atoms with E-state index >= 15 is 0 Å². The fraction of sp³-hybridized carbons (Fsp3) is 0.353. The maximum absolute atomic E-state index is 12.9. The normalized spacial score (nSPS) is 18.0. The van der Waals surface area contributed by atoms with E-state index in [4.69, 9.17) is 0 Å². The number of fused-ring (bicyclic) bond motifs is 1. The maximum Gasteiger partial charge on any atom is 0.253 e. The number of aromatic nitrogens is 5. The number of H-pyrrole nitrogens is 1. The van der Waals surface area contributed by atoms with Crippen LogP contribution < -0.4 is 0 Å². The van der Waals surface area contributed by atoms with Crippen LogP contribution in [0.5, 0.6) is 0 Å². The van der Waals surface area contributed by atoms with Crippen LogP contribution in [-0.2, 0) is 0 Å². The molecule has 1 aliphatic rings. The molecular formula is C17H18N6O. The van der Waals surface area contributed by atoms with E-state index in [9.17, 15) is 4.79 Å². The van der Waals surface area contributed by atoms with Gasteiger partial charge in [-0.05, 0) is 44.0 Å². The topological polar surface area (TPSA) is 87.7 Å². The summed E-state index contributed by atoms with van der Waals surface area (Å²) in [6, 6.07) is 9.66. The zero-order chi connectivity index (χ0) is 16.5. The van der Waals surface area contributed by atoms with Crippen molar-refractivity contribution in [2.75, 3.05) is 13.1 Å². The molecule has 7 nitrogen and oxygen atoms in total. The highest BCUT2D eigenvalue weighted by Gasteiger charge is 2.27. The number of carbonyl (C=O) groups is 1. The van der Waals surface area contributed by atoms with Crippen molar-refractivity contribution < 1.29 is 4.79 Å². The Balaban J connectivity index is 1.57. The van der Waals surface area contributed by atoms with E-state index < -0.39 is 0 Å². The van der Waals surface area contributed by atoms with Crippen molar-refractivity contribution in [3.05, 3.63) is 47.4 Å². The van der Waals surface area contributed by atoms with E-state index in [1.54, 1.807) is 0 Å². The van der Waals surface area contributed by atoms with E-state index in [2.05, 4.69) is 25.6 Å². The number of amides is 1. The fourth-order valence-corrected chi connectivity index (χ4v) is 3.26. The third kappa shape index (κ3) is 2.73. The molecule has 1 amide bonds. The molecule has 3 heterocycles. The summed E-state index contributed by atoms with van der Waals surface area (Å²) < 4.78 is 0. The summed E-state index contributed by atoms with van der Waals surface area (Å²) in [5.41, 5.74) is 2.58. The highest BCUT2D eigenvalue weighted by atomic mass is 16.2. The minimum Gasteiger partial charge on any atom is -0.338 e. The van der Waals surface area contributed by atoms with Gasteiger partial charge in [0.15, 0.2) is 5.82 Å². The van der Waals surface area contributed by atoms with Crippen LogP contribution in [0.3, 0.4) is 0 Å². The first-order valence-corrected chi connectivity index (χ1v) is 8.11. The first-order valence-electron chi connectivity index (χ1n) is 8.11. The van der Waals surface area contributed by atoms with Crippen molar-refractivity contribution in [3.63, 3.8) is 0 Å². The molecule has 1 saturated heterocycles. The summed E-state index contributed by atoms with van der Waals surface area (Å²) in [7, 11) is 0. The molecule has 1 unspecified atom stereocenters. The van der Waals surface area contributed by atoms with Crippen molar-refractivity contribution in [1.82, 2.24) is 30.5 Å².